The third-order valence-corrected chi connectivity index (χ3v) is 3.00. The number of benzene rings is 1. The average Bonchev–Trinajstić information content (AvgIpc) is 2.84. The largest absolute Gasteiger partial charge is 0.494 e. The van der Waals surface area contributed by atoms with Crippen LogP contribution >= 0.6 is 0 Å². The van der Waals surface area contributed by atoms with Gasteiger partial charge >= 0.3 is 0 Å². The molecule has 0 saturated carbocycles. The summed E-state index contributed by atoms with van der Waals surface area (Å²) in [5.74, 6) is 0.921. The predicted octanol–water partition coefficient (Wildman–Crippen LogP) is 4.01. The molecule has 0 spiro atoms. The normalized spacial score (nSPS) is 10.7. The summed E-state index contributed by atoms with van der Waals surface area (Å²) in [6.07, 6.45) is 4.21. The van der Waals surface area contributed by atoms with Crippen LogP contribution in [0.1, 0.15) is 6.92 Å². The maximum atomic E-state index is 5.45. The molecule has 2 aromatic heterocycles. The minimum Gasteiger partial charge on any atom is -0.494 e. The summed E-state index contributed by atoms with van der Waals surface area (Å²) < 4.78 is 7.58. The van der Waals surface area contributed by atoms with Gasteiger partial charge < -0.3 is 9.14 Å². The smallest absolute Gasteiger partial charge is 0.119 e. The number of pyridine rings is 1. The van der Waals surface area contributed by atoms with Crippen LogP contribution in [0.2, 0.25) is 0 Å². The van der Waals surface area contributed by atoms with Crippen LogP contribution in [-0.4, -0.2) is 11.0 Å². The topological polar surface area (TPSA) is 13.6 Å². The Labute approximate surface area is 106 Å². The molecule has 0 aliphatic carbocycles. The van der Waals surface area contributed by atoms with Crippen molar-refractivity contribution in [1.29, 1.82) is 0 Å². The highest BCUT2D eigenvalue weighted by Crippen LogP contribution is 2.24. The lowest BCUT2D eigenvalue weighted by molar-refractivity contribution is 0.340. The van der Waals surface area contributed by atoms with E-state index in [2.05, 4.69) is 47.1 Å². The van der Waals surface area contributed by atoms with Gasteiger partial charge in [-0.2, -0.15) is 0 Å². The molecule has 1 aromatic carbocycles. The fourth-order valence-corrected chi connectivity index (χ4v) is 2.12. The van der Waals surface area contributed by atoms with Crippen LogP contribution < -0.4 is 4.74 Å². The third-order valence-electron chi connectivity index (χ3n) is 3.00. The standard InChI is InChI=1S/C16H15NO/c1-2-18-16-8-6-13(7-9-16)14-11-15-5-3-4-10-17(15)12-14/h3-12H,2H2,1H3. The van der Waals surface area contributed by atoms with Crippen LogP contribution in [0.5, 0.6) is 5.75 Å². The SMILES string of the molecule is CCOc1ccc(-c2cc3ccccn3c2)cc1. The second-order valence-corrected chi connectivity index (χ2v) is 4.22. The highest BCUT2D eigenvalue weighted by molar-refractivity contribution is 5.70. The maximum Gasteiger partial charge on any atom is 0.119 e. The number of nitrogens with zero attached hydrogens (tertiary/aromatic N) is 1. The van der Waals surface area contributed by atoms with Gasteiger partial charge in [-0.3, -0.25) is 0 Å². The number of fused-ring (bicyclic) bond motifs is 1. The molecule has 0 fully saturated rings. The zero-order valence-electron chi connectivity index (χ0n) is 10.3. The number of hydrogen-bond donors (Lipinski definition) is 0. The zero-order valence-corrected chi connectivity index (χ0v) is 10.3. The summed E-state index contributed by atoms with van der Waals surface area (Å²) in [6, 6.07) is 16.6. The summed E-state index contributed by atoms with van der Waals surface area (Å²) in [6.45, 7) is 2.70. The van der Waals surface area contributed by atoms with Crippen LogP contribution in [0.4, 0.5) is 0 Å². The third kappa shape index (κ3) is 1.97. The van der Waals surface area contributed by atoms with Gasteiger partial charge in [-0.25, -0.2) is 0 Å². The molecule has 0 radical (unpaired) electrons. The van der Waals surface area contributed by atoms with Gasteiger partial charge in [-0.05, 0) is 42.8 Å². The Kier molecular flexibility index (Phi) is 2.77. The molecule has 2 heterocycles. The van der Waals surface area contributed by atoms with Crippen LogP contribution in [-0.2, 0) is 0 Å². The van der Waals surface area contributed by atoms with Crippen molar-refractivity contribution in [1.82, 2.24) is 4.40 Å². The first-order valence-corrected chi connectivity index (χ1v) is 6.17. The van der Waals surface area contributed by atoms with E-state index in [4.69, 9.17) is 4.74 Å². The molecule has 0 amide bonds. The molecule has 18 heavy (non-hydrogen) atoms. The van der Waals surface area contributed by atoms with Crippen LogP contribution in [0.15, 0.2) is 60.9 Å². The van der Waals surface area contributed by atoms with E-state index in [-0.39, 0.29) is 0 Å². The van der Waals surface area contributed by atoms with E-state index in [1.54, 1.807) is 0 Å². The van der Waals surface area contributed by atoms with Crippen LogP contribution in [0, 0.1) is 0 Å². The van der Waals surface area contributed by atoms with E-state index in [0.717, 1.165) is 5.75 Å². The van der Waals surface area contributed by atoms with E-state index in [0.29, 0.717) is 6.61 Å². The lowest BCUT2D eigenvalue weighted by Crippen LogP contribution is -1.90. The molecule has 2 heteroatoms. The van der Waals surface area contributed by atoms with Gasteiger partial charge in [0, 0.05) is 23.5 Å². The number of aromatic nitrogens is 1. The quantitative estimate of drug-likeness (QED) is 0.671. The van der Waals surface area contributed by atoms with Crippen molar-refractivity contribution >= 4 is 5.52 Å². The second kappa shape index (κ2) is 4.57. The fraction of sp³-hybridized carbons (Fsp3) is 0.125. The van der Waals surface area contributed by atoms with Gasteiger partial charge in [0.15, 0.2) is 0 Å². The average molecular weight is 237 g/mol. The molecule has 2 nitrogen and oxygen atoms in total. The number of ether oxygens (including phenoxy) is 1. The molecule has 0 saturated heterocycles. The fourth-order valence-electron chi connectivity index (χ4n) is 2.12. The Balaban J connectivity index is 1.98. The van der Waals surface area contributed by atoms with Gasteiger partial charge in [0.2, 0.25) is 0 Å². The van der Waals surface area contributed by atoms with Crippen molar-refractivity contribution in [2.75, 3.05) is 6.61 Å². The monoisotopic (exact) mass is 237 g/mol. The summed E-state index contributed by atoms with van der Waals surface area (Å²) >= 11 is 0. The second-order valence-electron chi connectivity index (χ2n) is 4.22. The lowest BCUT2D eigenvalue weighted by atomic mass is 10.1. The van der Waals surface area contributed by atoms with Gasteiger partial charge in [0.05, 0.1) is 6.61 Å². The van der Waals surface area contributed by atoms with Crippen molar-refractivity contribution in [3.8, 4) is 16.9 Å². The summed E-state index contributed by atoms with van der Waals surface area (Å²) in [7, 11) is 0. The van der Waals surface area contributed by atoms with E-state index < -0.39 is 0 Å². The molecule has 90 valence electrons. The van der Waals surface area contributed by atoms with Crippen molar-refractivity contribution in [2.24, 2.45) is 0 Å². The number of rotatable bonds is 3. The van der Waals surface area contributed by atoms with E-state index in [1.165, 1.54) is 16.6 Å². The molecule has 0 unspecified atom stereocenters. The first-order chi connectivity index (χ1) is 8.86. The Morgan fingerprint density at radius 3 is 2.56 bits per heavy atom. The van der Waals surface area contributed by atoms with Crippen molar-refractivity contribution in [3.63, 3.8) is 0 Å². The molecule has 0 aliphatic rings. The highest BCUT2D eigenvalue weighted by atomic mass is 16.5. The van der Waals surface area contributed by atoms with Crippen molar-refractivity contribution in [2.45, 2.75) is 6.92 Å². The van der Waals surface area contributed by atoms with Gasteiger partial charge in [0.1, 0.15) is 5.75 Å². The van der Waals surface area contributed by atoms with Crippen molar-refractivity contribution in [3.05, 3.63) is 60.9 Å². The first kappa shape index (κ1) is 10.9. The molecular formula is C16H15NO. The molecular weight excluding hydrogens is 222 g/mol. The Bertz CT molecular complexity index is 619. The molecule has 0 N–H and O–H groups in total. The minimum atomic E-state index is 0.704. The van der Waals surface area contributed by atoms with E-state index in [9.17, 15) is 0 Å². The van der Waals surface area contributed by atoms with Gasteiger partial charge in [-0.15, -0.1) is 0 Å². The number of hydrogen-bond acceptors (Lipinski definition) is 1. The molecule has 3 aromatic rings. The van der Waals surface area contributed by atoms with E-state index in [1.807, 2.05) is 25.1 Å². The Morgan fingerprint density at radius 1 is 1.00 bits per heavy atom. The summed E-state index contributed by atoms with van der Waals surface area (Å²) in [5.41, 5.74) is 3.65. The highest BCUT2D eigenvalue weighted by Gasteiger charge is 2.02. The molecule has 0 atom stereocenters. The Morgan fingerprint density at radius 2 is 1.83 bits per heavy atom. The molecule has 0 aliphatic heterocycles. The van der Waals surface area contributed by atoms with Crippen LogP contribution in [0.25, 0.3) is 16.6 Å². The lowest BCUT2D eigenvalue weighted by Gasteiger charge is -2.03. The Hall–Kier alpha value is -2.22. The predicted molar refractivity (Wildman–Crippen MR) is 74.0 cm³/mol. The molecule has 3 rings (SSSR count). The van der Waals surface area contributed by atoms with E-state index >= 15 is 0 Å². The maximum absolute atomic E-state index is 5.45. The summed E-state index contributed by atoms with van der Waals surface area (Å²) in [5, 5.41) is 0. The van der Waals surface area contributed by atoms with Gasteiger partial charge in [-0.1, -0.05) is 18.2 Å². The van der Waals surface area contributed by atoms with Crippen LogP contribution in [0.3, 0.4) is 0 Å². The first-order valence-electron chi connectivity index (χ1n) is 6.17. The summed E-state index contributed by atoms with van der Waals surface area (Å²) in [4.78, 5) is 0. The van der Waals surface area contributed by atoms with Crippen molar-refractivity contribution < 1.29 is 4.74 Å². The molecule has 0 bridgehead atoms. The zero-order chi connectivity index (χ0) is 12.4. The van der Waals surface area contributed by atoms with Gasteiger partial charge in [0.25, 0.3) is 0 Å². The minimum absolute atomic E-state index is 0.704.